The first-order chi connectivity index (χ1) is 7.34. The quantitative estimate of drug-likeness (QED) is 0.800. The predicted molar refractivity (Wildman–Crippen MR) is 60.7 cm³/mol. The number of rotatable bonds is 3. The van der Waals surface area contributed by atoms with Crippen LogP contribution in [0.25, 0.3) is 0 Å². The van der Waals surface area contributed by atoms with Gasteiger partial charge in [0.25, 0.3) is 5.92 Å². The van der Waals surface area contributed by atoms with Gasteiger partial charge in [-0.3, -0.25) is 0 Å². The van der Waals surface area contributed by atoms with E-state index in [4.69, 9.17) is 0 Å². The van der Waals surface area contributed by atoms with Gasteiger partial charge in [0, 0.05) is 30.0 Å². The zero-order valence-electron chi connectivity index (χ0n) is 10.5. The Morgan fingerprint density at radius 1 is 1.19 bits per heavy atom. The summed E-state index contributed by atoms with van der Waals surface area (Å²) in [5.74, 6) is -3.10. The van der Waals surface area contributed by atoms with Gasteiger partial charge >= 0.3 is 0 Å². The molecule has 0 spiro atoms. The zero-order valence-corrected chi connectivity index (χ0v) is 10.5. The average Bonchev–Trinajstić information content (AvgIpc) is 2.66. The summed E-state index contributed by atoms with van der Waals surface area (Å²) >= 11 is 0. The van der Waals surface area contributed by atoms with Crippen molar-refractivity contribution in [1.82, 2.24) is 10.2 Å². The Labute approximate surface area is 96.4 Å². The molecule has 4 heteroatoms. The molecule has 2 fully saturated rings. The minimum absolute atomic E-state index is 0.213. The molecule has 0 aliphatic heterocycles. The van der Waals surface area contributed by atoms with Crippen molar-refractivity contribution in [2.24, 2.45) is 11.8 Å². The predicted octanol–water partition coefficient (Wildman–Crippen LogP) is 1.96. The summed E-state index contributed by atoms with van der Waals surface area (Å²) in [4.78, 5) is 2.09. The van der Waals surface area contributed by atoms with E-state index in [0.717, 1.165) is 0 Å². The summed E-state index contributed by atoms with van der Waals surface area (Å²) in [6.07, 6.45) is 1.26. The number of hydrogen-bond acceptors (Lipinski definition) is 2. The minimum atomic E-state index is -2.39. The lowest BCUT2D eigenvalue weighted by molar-refractivity contribution is 0.0836. The van der Waals surface area contributed by atoms with Crippen LogP contribution in [0.1, 0.15) is 26.7 Å². The van der Waals surface area contributed by atoms with Crippen LogP contribution in [0.4, 0.5) is 8.78 Å². The van der Waals surface area contributed by atoms with Gasteiger partial charge in [0.2, 0.25) is 0 Å². The number of alkyl halides is 2. The molecule has 2 nitrogen and oxygen atoms in total. The smallest absolute Gasteiger partial charge is 0.254 e. The van der Waals surface area contributed by atoms with E-state index in [0.29, 0.717) is 18.9 Å². The number of likely N-dealkylation sites (N-methyl/N-ethyl adjacent to an activating group) is 1. The van der Waals surface area contributed by atoms with E-state index in [1.165, 1.54) is 0 Å². The van der Waals surface area contributed by atoms with Crippen LogP contribution < -0.4 is 5.32 Å². The van der Waals surface area contributed by atoms with E-state index in [1.807, 2.05) is 14.1 Å². The molecule has 0 aromatic rings. The lowest BCUT2D eigenvalue weighted by Gasteiger charge is -2.36. The molecule has 0 bridgehead atoms. The Bertz CT molecular complexity index is 266. The number of fused-ring (bicyclic) bond motifs is 1. The van der Waals surface area contributed by atoms with E-state index < -0.39 is 5.92 Å². The SMILES string of the molecule is CC(C)N[C@@H]1C[C@H]2[C@@H](C[C@H]1N(C)C)C2(F)F. The van der Waals surface area contributed by atoms with Gasteiger partial charge in [-0.2, -0.15) is 0 Å². The highest BCUT2D eigenvalue weighted by atomic mass is 19.3. The number of nitrogens with zero attached hydrogens (tertiary/aromatic N) is 1. The van der Waals surface area contributed by atoms with Gasteiger partial charge in [-0.15, -0.1) is 0 Å². The second-order valence-corrected chi connectivity index (χ2v) is 5.82. The highest BCUT2D eigenvalue weighted by Crippen LogP contribution is 2.62. The van der Waals surface area contributed by atoms with Crippen molar-refractivity contribution in [3.8, 4) is 0 Å². The van der Waals surface area contributed by atoms with Gasteiger partial charge in [0.1, 0.15) is 0 Å². The van der Waals surface area contributed by atoms with Crippen molar-refractivity contribution in [1.29, 1.82) is 0 Å². The maximum absolute atomic E-state index is 13.4. The largest absolute Gasteiger partial charge is 0.310 e. The lowest BCUT2D eigenvalue weighted by atomic mass is 9.89. The third kappa shape index (κ3) is 1.97. The van der Waals surface area contributed by atoms with Crippen molar-refractivity contribution in [3.05, 3.63) is 0 Å². The number of hydrogen-bond donors (Lipinski definition) is 1. The third-order valence-electron chi connectivity index (χ3n) is 4.04. The zero-order chi connectivity index (χ0) is 12.1. The fourth-order valence-electron chi connectivity index (χ4n) is 3.14. The maximum Gasteiger partial charge on any atom is 0.254 e. The van der Waals surface area contributed by atoms with Crippen LogP contribution in [0.3, 0.4) is 0 Å². The van der Waals surface area contributed by atoms with Crippen LogP contribution in [0.15, 0.2) is 0 Å². The highest BCUT2D eigenvalue weighted by molar-refractivity contribution is 5.13. The molecule has 1 N–H and O–H groups in total. The monoisotopic (exact) mass is 232 g/mol. The molecule has 0 aromatic heterocycles. The van der Waals surface area contributed by atoms with Gasteiger partial charge in [0.15, 0.2) is 0 Å². The van der Waals surface area contributed by atoms with Gasteiger partial charge in [-0.05, 0) is 26.9 Å². The van der Waals surface area contributed by atoms with Gasteiger partial charge < -0.3 is 10.2 Å². The Morgan fingerprint density at radius 3 is 2.25 bits per heavy atom. The Kier molecular flexibility index (Phi) is 2.99. The topological polar surface area (TPSA) is 15.3 Å². The molecule has 0 radical (unpaired) electrons. The van der Waals surface area contributed by atoms with Crippen molar-refractivity contribution >= 4 is 0 Å². The summed E-state index contributed by atoms with van der Waals surface area (Å²) in [5, 5.41) is 3.43. The number of halogens is 2. The third-order valence-corrected chi connectivity index (χ3v) is 4.04. The lowest BCUT2D eigenvalue weighted by Crippen LogP contribution is -2.51. The van der Waals surface area contributed by atoms with Crippen molar-refractivity contribution < 1.29 is 8.78 Å². The molecule has 94 valence electrons. The summed E-state index contributed by atoms with van der Waals surface area (Å²) in [7, 11) is 3.97. The molecule has 0 amide bonds. The van der Waals surface area contributed by atoms with Crippen molar-refractivity contribution in [2.75, 3.05) is 14.1 Å². The molecule has 0 unspecified atom stereocenters. The Hall–Kier alpha value is -0.220. The summed E-state index contributed by atoms with van der Waals surface area (Å²) < 4.78 is 26.8. The van der Waals surface area contributed by atoms with Crippen LogP contribution in [0.5, 0.6) is 0 Å². The van der Waals surface area contributed by atoms with Crippen molar-refractivity contribution in [2.45, 2.75) is 50.7 Å². The van der Waals surface area contributed by atoms with Crippen LogP contribution >= 0.6 is 0 Å². The second-order valence-electron chi connectivity index (χ2n) is 5.82. The summed E-state index contributed by atoms with van der Waals surface area (Å²) in [5.41, 5.74) is 0. The van der Waals surface area contributed by atoms with Gasteiger partial charge in [-0.25, -0.2) is 8.78 Å². The second kappa shape index (κ2) is 3.91. The van der Waals surface area contributed by atoms with Gasteiger partial charge in [0.05, 0.1) is 0 Å². The normalized spacial score (nSPS) is 41.2. The summed E-state index contributed by atoms with van der Waals surface area (Å²) in [6, 6.07) is 0.818. The molecular formula is C12H22F2N2. The summed E-state index contributed by atoms with van der Waals surface area (Å²) in [6.45, 7) is 4.15. The van der Waals surface area contributed by atoms with Crippen LogP contribution in [0.2, 0.25) is 0 Å². The Balaban J connectivity index is 2.05. The maximum atomic E-state index is 13.4. The first-order valence-electron chi connectivity index (χ1n) is 6.14. The molecule has 4 atom stereocenters. The van der Waals surface area contributed by atoms with E-state index in [9.17, 15) is 8.78 Å². The van der Waals surface area contributed by atoms with E-state index in [-0.39, 0.29) is 23.9 Å². The van der Waals surface area contributed by atoms with E-state index >= 15 is 0 Å². The molecule has 2 aliphatic rings. The highest BCUT2D eigenvalue weighted by Gasteiger charge is 2.70. The fraction of sp³-hybridized carbons (Fsp3) is 1.00. The van der Waals surface area contributed by atoms with E-state index in [2.05, 4.69) is 24.1 Å². The molecule has 0 aromatic carbocycles. The molecule has 2 saturated carbocycles. The number of nitrogens with one attached hydrogen (secondary N) is 1. The standard InChI is InChI=1S/C12H22F2N2/c1-7(2)15-10-5-8-9(12(8,13)14)6-11(10)16(3)4/h7-11,15H,5-6H2,1-4H3/t8-,9+,10+,11+/m0/s1. The van der Waals surface area contributed by atoms with Crippen LogP contribution in [0, 0.1) is 11.8 Å². The first kappa shape index (κ1) is 12.2. The molecular weight excluding hydrogens is 210 g/mol. The average molecular weight is 232 g/mol. The molecule has 2 rings (SSSR count). The minimum Gasteiger partial charge on any atom is -0.310 e. The van der Waals surface area contributed by atoms with Gasteiger partial charge in [-0.1, -0.05) is 13.8 Å². The first-order valence-corrected chi connectivity index (χ1v) is 6.14. The van der Waals surface area contributed by atoms with Crippen LogP contribution in [-0.2, 0) is 0 Å². The molecule has 0 saturated heterocycles. The van der Waals surface area contributed by atoms with Crippen LogP contribution in [-0.4, -0.2) is 43.0 Å². The van der Waals surface area contributed by atoms with E-state index in [1.54, 1.807) is 0 Å². The van der Waals surface area contributed by atoms with Crippen molar-refractivity contribution in [3.63, 3.8) is 0 Å². The molecule has 2 aliphatic carbocycles. The molecule has 0 heterocycles. The molecule has 16 heavy (non-hydrogen) atoms. The Morgan fingerprint density at radius 2 is 1.75 bits per heavy atom. The fourth-order valence-corrected chi connectivity index (χ4v) is 3.14.